The summed E-state index contributed by atoms with van der Waals surface area (Å²) in [4.78, 5) is 22.4. The maximum Gasteiger partial charge on any atom is 0.501 e. The first-order valence-electron chi connectivity index (χ1n) is 7.98. The van der Waals surface area contributed by atoms with E-state index in [1.807, 2.05) is 0 Å². The van der Waals surface area contributed by atoms with Crippen LogP contribution in [0.2, 0.25) is 0 Å². The summed E-state index contributed by atoms with van der Waals surface area (Å²) in [7, 11) is -4.40. The number of nitrogens with one attached hydrogen (secondary N) is 1. The number of hydrogen-bond acceptors (Lipinski definition) is 6. The first-order chi connectivity index (χ1) is 13.5. The second-order valence-corrected chi connectivity index (χ2v) is 7.67. The molecule has 2 aromatic carbocycles. The number of benzene rings is 2. The molecule has 0 saturated carbocycles. The van der Waals surface area contributed by atoms with Crippen LogP contribution in [-0.4, -0.2) is 39.3 Å². The van der Waals surface area contributed by atoms with E-state index in [2.05, 4.69) is 5.32 Å². The van der Waals surface area contributed by atoms with Crippen molar-refractivity contribution in [3.05, 3.63) is 48.0 Å². The van der Waals surface area contributed by atoms with E-state index in [1.54, 1.807) is 12.1 Å². The molecule has 2 aromatic rings. The fourth-order valence-corrected chi connectivity index (χ4v) is 3.01. The van der Waals surface area contributed by atoms with Gasteiger partial charge in [-0.25, -0.2) is 8.42 Å². The number of Topliss-reactive ketones (excluding diaryl/α,β-unsaturated/α-hetero) is 1. The zero-order chi connectivity index (χ0) is 21.8. The SMILES string of the molecule is COc1ccc(S(=O)(=O)C(F)(F)F)cc1NC(=O)COc1cccc(C(C)=O)c1. The Labute approximate surface area is 164 Å². The lowest BCUT2D eigenvalue weighted by Gasteiger charge is -2.14. The lowest BCUT2D eigenvalue weighted by molar-refractivity contribution is -0.118. The largest absolute Gasteiger partial charge is 0.501 e. The van der Waals surface area contributed by atoms with Crippen molar-refractivity contribution in [3.8, 4) is 11.5 Å². The normalized spacial score (nSPS) is 11.6. The molecule has 0 spiro atoms. The van der Waals surface area contributed by atoms with E-state index in [0.29, 0.717) is 11.6 Å². The van der Waals surface area contributed by atoms with Gasteiger partial charge in [-0.15, -0.1) is 0 Å². The van der Waals surface area contributed by atoms with E-state index in [4.69, 9.17) is 9.47 Å². The fourth-order valence-electron chi connectivity index (χ4n) is 2.23. The van der Waals surface area contributed by atoms with Crippen LogP contribution >= 0.6 is 0 Å². The molecule has 0 heterocycles. The van der Waals surface area contributed by atoms with Gasteiger partial charge in [-0.1, -0.05) is 12.1 Å². The van der Waals surface area contributed by atoms with Gasteiger partial charge in [-0.2, -0.15) is 13.2 Å². The monoisotopic (exact) mass is 431 g/mol. The van der Waals surface area contributed by atoms with Crippen LogP contribution in [0.5, 0.6) is 11.5 Å². The smallest absolute Gasteiger partial charge is 0.495 e. The van der Waals surface area contributed by atoms with Gasteiger partial charge < -0.3 is 14.8 Å². The van der Waals surface area contributed by atoms with Crippen LogP contribution in [0.3, 0.4) is 0 Å². The van der Waals surface area contributed by atoms with E-state index in [0.717, 1.165) is 12.1 Å². The molecule has 0 unspecified atom stereocenters. The lowest BCUT2D eigenvalue weighted by atomic mass is 10.1. The minimum atomic E-state index is -5.60. The molecule has 1 N–H and O–H groups in total. The summed E-state index contributed by atoms with van der Waals surface area (Å²) in [6.07, 6.45) is 0. The molecule has 0 fully saturated rings. The maximum atomic E-state index is 12.7. The number of sulfone groups is 1. The van der Waals surface area contributed by atoms with Gasteiger partial charge in [0.25, 0.3) is 15.7 Å². The van der Waals surface area contributed by atoms with Crippen molar-refractivity contribution in [2.45, 2.75) is 17.3 Å². The second-order valence-electron chi connectivity index (χ2n) is 5.73. The highest BCUT2D eigenvalue weighted by Gasteiger charge is 2.47. The molecule has 156 valence electrons. The zero-order valence-electron chi connectivity index (χ0n) is 15.2. The first kappa shape index (κ1) is 22.2. The molecule has 1 amide bonds. The zero-order valence-corrected chi connectivity index (χ0v) is 16.1. The standard InChI is InChI=1S/C18H16F3NO6S/c1-11(23)12-4-3-5-13(8-12)28-10-17(24)22-15-9-14(6-7-16(15)27-2)29(25,26)18(19,20)21/h3-9H,10H2,1-2H3,(H,22,24). The van der Waals surface area contributed by atoms with Crippen LogP contribution in [0.4, 0.5) is 18.9 Å². The number of amides is 1. The highest BCUT2D eigenvalue weighted by atomic mass is 32.2. The van der Waals surface area contributed by atoms with Gasteiger partial charge in [0.2, 0.25) is 0 Å². The van der Waals surface area contributed by atoms with Crippen molar-refractivity contribution in [1.29, 1.82) is 0 Å². The first-order valence-corrected chi connectivity index (χ1v) is 9.47. The minimum absolute atomic E-state index is 0.0435. The van der Waals surface area contributed by atoms with Crippen molar-refractivity contribution in [2.24, 2.45) is 0 Å². The van der Waals surface area contributed by atoms with E-state index < -0.39 is 32.8 Å². The minimum Gasteiger partial charge on any atom is -0.495 e. The molecule has 0 aliphatic heterocycles. The molecule has 0 aromatic heterocycles. The van der Waals surface area contributed by atoms with Gasteiger partial charge in [-0.05, 0) is 37.3 Å². The van der Waals surface area contributed by atoms with Crippen LogP contribution < -0.4 is 14.8 Å². The average Bonchev–Trinajstić information content (AvgIpc) is 2.65. The van der Waals surface area contributed by atoms with Gasteiger partial charge in [0, 0.05) is 5.56 Å². The van der Waals surface area contributed by atoms with Crippen LogP contribution in [0.1, 0.15) is 17.3 Å². The Morgan fingerprint density at radius 2 is 1.79 bits per heavy atom. The summed E-state index contributed by atoms with van der Waals surface area (Å²) < 4.78 is 71.5. The highest BCUT2D eigenvalue weighted by molar-refractivity contribution is 7.92. The number of halogens is 3. The van der Waals surface area contributed by atoms with E-state index in [1.165, 1.54) is 26.2 Å². The molecular weight excluding hydrogens is 415 g/mol. The summed E-state index contributed by atoms with van der Waals surface area (Å²) in [5.74, 6) is -0.795. The Morgan fingerprint density at radius 1 is 1.10 bits per heavy atom. The van der Waals surface area contributed by atoms with Crippen LogP contribution in [0.15, 0.2) is 47.4 Å². The summed E-state index contributed by atoms with van der Waals surface area (Å²) in [6.45, 7) is 0.820. The molecule has 29 heavy (non-hydrogen) atoms. The number of hydrogen-bond donors (Lipinski definition) is 1. The number of carbonyl (C=O) groups is 2. The van der Waals surface area contributed by atoms with Gasteiger partial charge in [0.05, 0.1) is 17.7 Å². The van der Waals surface area contributed by atoms with Crippen molar-refractivity contribution in [2.75, 3.05) is 19.0 Å². The molecule has 0 aliphatic carbocycles. The Morgan fingerprint density at radius 3 is 2.38 bits per heavy atom. The van der Waals surface area contributed by atoms with Crippen LogP contribution in [0, 0.1) is 0 Å². The van der Waals surface area contributed by atoms with Crippen molar-refractivity contribution < 1.29 is 40.7 Å². The topological polar surface area (TPSA) is 98.8 Å². The summed E-state index contributed by atoms with van der Waals surface area (Å²) >= 11 is 0. The number of methoxy groups -OCH3 is 1. The quantitative estimate of drug-likeness (QED) is 0.676. The summed E-state index contributed by atoms with van der Waals surface area (Å²) in [5, 5.41) is 2.25. The number of ether oxygens (including phenoxy) is 2. The van der Waals surface area contributed by atoms with Crippen molar-refractivity contribution in [1.82, 2.24) is 0 Å². The van der Waals surface area contributed by atoms with Gasteiger partial charge in [0.15, 0.2) is 12.4 Å². The van der Waals surface area contributed by atoms with Crippen molar-refractivity contribution in [3.63, 3.8) is 0 Å². The van der Waals surface area contributed by atoms with Gasteiger partial charge in [0.1, 0.15) is 11.5 Å². The molecule has 0 bridgehead atoms. The van der Waals surface area contributed by atoms with Gasteiger partial charge in [-0.3, -0.25) is 9.59 Å². The predicted molar refractivity (Wildman–Crippen MR) is 96.8 cm³/mol. The molecule has 0 saturated heterocycles. The lowest BCUT2D eigenvalue weighted by Crippen LogP contribution is -2.24. The number of anilines is 1. The van der Waals surface area contributed by atoms with Crippen LogP contribution in [0.25, 0.3) is 0 Å². The molecular formula is C18H16F3NO6S. The Kier molecular flexibility index (Phi) is 6.52. The number of carbonyl (C=O) groups excluding carboxylic acids is 2. The molecule has 0 radical (unpaired) electrons. The van der Waals surface area contributed by atoms with Gasteiger partial charge >= 0.3 is 5.51 Å². The predicted octanol–water partition coefficient (Wildman–Crippen LogP) is 3.21. The third-order valence-electron chi connectivity index (χ3n) is 3.67. The third-order valence-corrected chi connectivity index (χ3v) is 5.15. The Hall–Kier alpha value is -3.08. The molecule has 7 nitrogen and oxygen atoms in total. The second kappa shape index (κ2) is 8.52. The molecule has 0 aliphatic rings. The average molecular weight is 431 g/mol. The summed E-state index contributed by atoms with van der Waals surface area (Å²) in [5.41, 5.74) is -5.40. The number of ketones is 1. The molecule has 2 rings (SSSR count). The van der Waals surface area contributed by atoms with E-state index in [9.17, 15) is 31.2 Å². The van der Waals surface area contributed by atoms with E-state index >= 15 is 0 Å². The number of alkyl halides is 3. The number of rotatable bonds is 7. The molecule has 11 heteroatoms. The van der Waals surface area contributed by atoms with Crippen molar-refractivity contribution >= 4 is 27.2 Å². The Bertz CT molecular complexity index is 1030. The third kappa shape index (κ3) is 5.25. The summed E-state index contributed by atoms with van der Waals surface area (Å²) in [6, 6.07) is 8.41. The maximum absolute atomic E-state index is 12.7. The van der Waals surface area contributed by atoms with E-state index in [-0.39, 0.29) is 23.0 Å². The Balaban J connectivity index is 2.18. The molecule has 0 atom stereocenters. The highest BCUT2D eigenvalue weighted by Crippen LogP contribution is 2.34. The fraction of sp³-hybridized carbons (Fsp3) is 0.222. The van der Waals surface area contributed by atoms with Crippen LogP contribution in [-0.2, 0) is 14.6 Å².